The number of hydrogen-bond acceptors (Lipinski definition) is 6. The van der Waals surface area contributed by atoms with Gasteiger partial charge in [-0.3, -0.25) is 0 Å². The summed E-state index contributed by atoms with van der Waals surface area (Å²) >= 11 is 4.48. The van der Waals surface area contributed by atoms with Crippen molar-refractivity contribution >= 4 is 40.2 Å². The van der Waals surface area contributed by atoms with Gasteiger partial charge in [0.05, 0.1) is 0 Å². The van der Waals surface area contributed by atoms with Crippen molar-refractivity contribution in [1.82, 2.24) is 9.36 Å². The molecular weight excluding hydrogens is 291 g/mol. The monoisotopic (exact) mass is 301 g/mol. The van der Waals surface area contributed by atoms with Gasteiger partial charge in [0.25, 0.3) is 0 Å². The van der Waals surface area contributed by atoms with Crippen molar-refractivity contribution in [3.8, 4) is 0 Å². The van der Waals surface area contributed by atoms with Gasteiger partial charge in [0, 0.05) is 40.6 Å². The van der Waals surface area contributed by atoms with Crippen LogP contribution in [0.1, 0.15) is 5.82 Å². The van der Waals surface area contributed by atoms with Crippen LogP contribution in [0.15, 0.2) is 0 Å². The van der Waals surface area contributed by atoms with E-state index in [2.05, 4.69) is 14.7 Å². The SMILES string of the molecule is FC(F)(F)c1nsc(NCC2CSCCS2)n1. The third-order valence-electron chi connectivity index (χ3n) is 2.05. The second-order valence-corrected chi connectivity index (χ2v) is 6.68. The van der Waals surface area contributed by atoms with Gasteiger partial charge in [-0.15, -0.1) is 0 Å². The molecule has 9 heteroatoms. The molecule has 1 aliphatic heterocycles. The fourth-order valence-electron chi connectivity index (χ4n) is 1.27. The van der Waals surface area contributed by atoms with Crippen molar-refractivity contribution in [1.29, 1.82) is 0 Å². The molecule has 2 heterocycles. The number of alkyl halides is 3. The second kappa shape index (κ2) is 5.66. The Morgan fingerprint density at radius 1 is 1.35 bits per heavy atom. The summed E-state index contributed by atoms with van der Waals surface area (Å²) in [7, 11) is 0. The number of halogens is 3. The van der Waals surface area contributed by atoms with E-state index in [-0.39, 0.29) is 5.13 Å². The van der Waals surface area contributed by atoms with Crippen LogP contribution in [-0.2, 0) is 6.18 Å². The van der Waals surface area contributed by atoms with E-state index in [9.17, 15) is 13.2 Å². The smallest absolute Gasteiger partial charge is 0.359 e. The molecule has 0 saturated carbocycles. The summed E-state index contributed by atoms with van der Waals surface area (Å²) in [5.74, 6) is 2.22. The van der Waals surface area contributed by atoms with E-state index in [1.54, 1.807) is 0 Å². The van der Waals surface area contributed by atoms with Crippen molar-refractivity contribution in [2.75, 3.05) is 29.1 Å². The van der Waals surface area contributed by atoms with Crippen LogP contribution in [0.25, 0.3) is 0 Å². The number of aromatic nitrogens is 2. The summed E-state index contributed by atoms with van der Waals surface area (Å²) in [4.78, 5) is 3.42. The molecule has 1 aliphatic rings. The summed E-state index contributed by atoms with van der Waals surface area (Å²) < 4.78 is 40.0. The molecule has 1 aromatic heterocycles. The zero-order valence-electron chi connectivity index (χ0n) is 8.66. The maximum Gasteiger partial charge on any atom is 0.452 e. The number of hydrogen-bond donors (Lipinski definition) is 1. The Morgan fingerprint density at radius 3 is 2.76 bits per heavy atom. The zero-order chi connectivity index (χ0) is 12.3. The molecule has 0 aliphatic carbocycles. The van der Waals surface area contributed by atoms with Gasteiger partial charge in [0.15, 0.2) is 0 Å². The number of anilines is 1. The van der Waals surface area contributed by atoms with E-state index in [0.717, 1.165) is 28.8 Å². The Kier molecular flexibility index (Phi) is 4.42. The maximum absolute atomic E-state index is 12.2. The highest BCUT2D eigenvalue weighted by Gasteiger charge is 2.36. The van der Waals surface area contributed by atoms with Crippen LogP contribution < -0.4 is 5.32 Å². The van der Waals surface area contributed by atoms with Gasteiger partial charge in [-0.2, -0.15) is 46.1 Å². The molecule has 0 aromatic carbocycles. The molecule has 1 fully saturated rings. The standard InChI is InChI=1S/C8H10F3N3S3/c9-8(10,11)6-13-7(17-14-6)12-3-5-4-15-1-2-16-5/h5H,1-4H2,(H,12,13,14). The van der Waals surface area contributed by atoms with Crippen molar-refractivity contribution in [2.24, 2.45) is 0 Å². The van der Waals surface area contributed by atoms with Crippen LogP contribution in [0.5, 0.6) is 0 Å². The number of thioether (sulfide) groups is 2. The molecule has 1 atom stereocenters. The van der Waals surface area contributed by atoms with Crippen LogP contribution in [0.3, 0.4) is 0 Å². The first-order valence-corrected chi connectivity index (χ1v) is 7.87. The Labute approximate surface area is 109 Å². The fraction of sp³-hybridized carbons (Fsp3) is 0.750. The van der Waals surface area contributed by atoms with Crippen LogP contribution >= 0.6 is 35.1 Å². The second-order valence-electron chi connectivity index (χ2n) is 3.37. The first-order valence-electron chi connectivity index (χ1n) is 4.90. The molecule has 1 aromatic rings. The molecule has 0 amide bonds. The van der Waals surface area contributed by atoms with Gasteiger partial charge in [0.2, 0.25) is 11.0 Å². The van der Waals surface area contributed by atoms with E-state index in [1.165, 1.54) is 0 Å². The Bertz CT molecular complexity index is 362. The lowest BCUT2D eigenvalue weighted by atomic mass is 10.5. The van der Waals surface area contributed by atoms with Crippen LogP contribution in [0.2, 0.25) is 0 Å². The van der Waals surface area contributed by atoms with Crippen LogP contribution in [0, 0.1) is 0 Å². The molecular formula is C8H10F3N3S3. The summed E-state index contributed by atoms with van der Waals surface area (Å²) in [6, 6.07) is 0. The van der Waals surface area contributed by atoms with Crippen molar-refractivity contribution < 1.29 is 13.2 Å². The number of nitrogens with zero attached hydrogens (tertiary/aromatic N) is 2. The molecule has 3 nitrogen and oxygen atoms in total. The quantitative estimate of drug-likeness (QED) is 0.929. The molecule has 17 heavy (non-hydrogen) atoms. The minimum absolute atomic E-state index is 0.244. The van der Waals surface area contributed by atoms with Crippen LogP contribution in [-0.4, -0.2) is 38.4 Å². The third-order valence-corrected chi connectivity index (χ3v) is 5.56. The third kappa shape index (κ3) is 3.92. The summed E-state index contributed by atoms with van der Waals surface area (Å²) in [5.41, 5.74) is 0. The average molecular weight is 301 g/mol. The predicted octanol–water partition coefficient (Wildman–Crippen LogP) is 2.82. The van der Waals surface area contributed by atoms with Gasteiger partial charge < -0.3 is 5.32 Å². The molecule has 2 rings (SSSR count). The molecule has 1 N–H and O–H groups in total. The van der Waals surface area contributed by atoms with Crippen molar-refractivity contribution in [2.45, 2.75) is 11.4 Å². The van der Waals surface area contributed by atoms with Gasteiger partial charge in [-0.25, -0.2) is 0 Å². The lowest BCUT2D eigenvalue weighted by Gasteiger charge is -2.20. The van der Waals surface area contributed by atoms with Gasteiger partial charge in [0.1, 0.15) is 0 Å². The fourth-order valence-corrected chi connectivity index (χ4v) is 4.47. The normalized spacial score (nSPS) is 21.5. The topological polar surface area (TPSA) is 37.8 Å². The highest BCUT2D eigenvalue weighted by atomic mass is 32.2. The minimum atomic E-state index is -4.45. The molecule has 0 bridgehead atoms. The molecule has 1 saturated heterocycles. The zero-order valence-corrected chi connectivity index (χ0v) is 11.1. The first-order chi connectivity index (χ1) is 8.05. The average Bonchev–Trinajstić information content (AvgIpc) is 2.76. The lowest BCUT2D eigenvalue weighted by molar-refractivity contribution is -0.144. The Hall–Kier alpha value is -0.150. The Morgan fingerprint density at radius 2 is 2.18 bits per heavy atom. The number of rotatable bonds is 3. The minimum Gasteiger partial charge on any atom is -0.359 e. The number of nitrogens with one attached hydrogen (secondary N) is 1. The molecule has 0 radical (unpaired) electrons. The molecule has 0 spiro atoms. The summed E-state index contributed by atoms with van der Waals surface area (Å²) in [5, 5.41) is 3.60. The van der Waals surface area contributed by atoms with Crippen molar-refractivity contribution in [3.05, 3.63) is 5.82 Å². The molecule has 1 unspecified atom stereocenters. The van der Waals surface area contributed by atoms with E-state index >= 15 is 0 Å². The maximum atomic E-state index is 12.2. The largest absolute Gasteiger partial charge is 0.452 e. The first kappa shape index (κ1) is 13.3. The highest BCUT2D eigenvalue weighted by molar-refractivity contribution is 8.06. The van der Waals surface area contributed by atoms with Crippen molar-refractivity contribution in [3.63, 3.8) is 0 Å². The van der Waals surface area contributed by atoms with Gasteiger partial charge in [-0.05, 0) is 0 Å². The van der Waals surface area contributed by atoms with Crippen LogP contribution in [0.4, 0.5) is 18.3 Å². The van der Waals surface area contributed by atoms with Gasteiger partial charge in [-0.1, -0.05) is 0 Å². The van der Waals surface area contributed by atoms with E-state index in [1.807, 2.05) is 23.5 Å². The highest BCUT2D eigenvalue weighted by Crippen LogP contribution is 2.29. The van der Waals surface area contributed by atoms with E-state index in [4.69, 9.17) is 0 Å². The lowest BCUT2D eigenvalue weighted by Crippen LogP contribution is -2.23. The predicted molar refractivity (Wildman–Crippen MR) is 67.0 cm³/mol. The Balaban J connectivity index is 1.84. The van der Waals surface area contributed by atoms with E-state index < -0.39 is 12.0 Å². The molecule has 96 valence electrons. The summed E-state index contributed by atoms with van der Waals surface area (Å²) in [6.45, 7) is 0.643. The van der Waals surface area contributed by atoms with Gasteiger partial charge >= 0.3 is 6.18 Å². The summed E-state index contributed by atoms with van der Waals surface area (Å²) in [6.07, 6.45) is -4.45. The van der Waals surface area contributed by atoms with E-state index in [0.29, 0.717) is 11.8 Å².